The lowest BCUT2D eigenvalue weighted by Gasteiger charge is -2.22. The van der Waals surface area contributed by atoms with Crippen LogP contribution >= 0.6 is 0 Å². The first-order valence-corrected chi connectivity index (χ1v) is 16.7. The van der Waals surface area contributed by atoms with E-state index in [2.05, 4.69) is 10.3 Å². The van der Waals surface area contributed by atoms with E-state index in [-0.39, 0.29) is 22.0 Å². The molecule has 0 bridgehead atoms. The molecule has 3 N–H and O–H groups in total. The standard InChI is InChI=1S/C18H18FN3O.2C7H8O3S/c19-16-10-13(4-5-15(16)11-20)12-23-18-3-1-2-17(22-18)14-6-8-21-9-7-14;2*1-6-2-4-7(5-3-6)11(8,9)10/h1-5,10,14,21H,6-9,12H2;2*2-5H,1H3,(H,8,9,10). The van der Waals surface area contributed by atoms with E-state index in [1.54, 1.807) is 36.4 Å². The molecule has 0 spiro atoms. The number of halogens is 1. The zero-order valence-electron chi connectivity index (χ0n) is 24.7. The topological polar surface area (TPSA) is 167 Å². The van der Waals surface area contributed by atoms with Crippen molar-refractivity contribution in [3.8, 4) is 11.9 Å². The largest absolute Gasteiger partial charge is 0.473 e. The van der Waals surface area contributed by atoms with Gasteiger partial charge in [-0.3, -0.25) is 9.11 Å². The quantitative estimate of drug-likeness (QED) is 0.222. The van der Waals surface area contributed by atoms with Crippen LogP contribution < -0.4 is 10.1 Å². The Bertz CT molecular complexity index is 1750. The zero-order chi connectivity index (χ0) is 33.0. The van der Waals surface area contributed by atoms with Crippen LogP contribution in [0.25, 0.3) is 0 Å². The second kappa shape index (κ2) is 16.2. The number of benzene rings is 3. The van der Waals surface area contributed by atoms with Gasteiger partial charge in [0.15, 0.2) is 0 Å². The number of ether oxygens (including phenoxy) is 1. The smallest absolute Gasteiger partial charge is 0.294 e. The number of hydrogen-bond donors (Lipinski definition) is 3. The predicted octanol–water partition coefficient (Wildman–Crippen LogP) is 5.62. The second-order valence-electron chi connectivity index (χ2n) is 10.2. The van der Waals surface area contributed by atoms with Gasteiger partial charge >= 0.3 is 0 Å². The predicted molar refractivity (Wildman–Crippen MR) is 167 cm³/mol. The fourth-order valence-corrected chi connectivity index (χ4v) is 5.13. The number of nitrogens with zero attached hydrogens (tertiary/aromatic N) is 2. The average Bonchev–Trinajstić information content (AvgIpc) is 3.01. The summed E-state index contributed by atoms with van der Waals surface area (Å²) in [6, 6.07) is 24.1. The average molecular weight is 656 g/mol. The summed E-state index contributed by atoms with van der Waals surface area (Å²) in [5, 5.41) is 12.1. The highest BCUT2D eigenvalue weighted by Gasteiger charge is 2.17. The van der Waals surface area contributed by atoms with Gasteiger partial charge in [0.1, 0.15) is 18.5 Å². The Morgan fingerprint density at radius 3 is 1.87 bits per heavy atom. The zero-order valence-corrected chi connectivity index (χ0v) is 26.4. The van der Waals surface area contributed by atoms with E-state index in [9.17, 15) is 21.2 Å². The van der Waals surface area contributed by atoms with E-state index < -0.39 is 26.1 Å². The molecule has 1 saturated heterocycles. The third kappa shape index (κ3) is 11.7. The van der Waals surface area contributed by atoms with Crippen LogP contribution in [0, 0.1) is 31.0 Å². The van der Waals surface area contributed by atoms with Gasteiger partial charge in [0, 0.05) is 17.7 Å². The molecule has 0 atom stereocenters. The molecule has 1 aliphatic rings. The van der Waals surface area contributed by atoms with Crippen molar-refractivity contribution in [2.24, 2.45) is 0 Å². The van der Waals surface area contributed by atoms with Gasteiger partial charge in [-0.2, -0.15) is 22.1 Å². The molecule has 238 valence electrons. The van der Waals surface area contributed by atoms with Crippen LogP contribution in [0.4, 0.5) is 4.39 Å². The first-order chi connectivity index (χ1) is 21.3. The minimum absolute atomic E-state index is 0.0415. The molecule has 0 saturated carbocycles. The van der Waals surface area contributed by atoms with Crippen molar-refractivity contribution in [2.75, 3.05) is 13.1 Å². The number of nitriles is 1. The molecule has 45 heavy (non-hydrogen) atoms. The van der Waals surface area contributed by atoms with Crippen LogP contribution in [0.5, 0.6) is 5.88 Å². The molecular weight excluding hydrogens is 621 g/mol. The molecule has 10 nitrogen and oxygen atoms in total. The van der Waals surface area contributed by atoms with E-state index in [4.69, 9.17) is 19.1 Å². The molecule has 4 aromatic rings. The van der Waals surface area contributed by atoms with E-state index in [1.165, 1.54) is 36.4 Å². The van der Waals surface area contributed by atoms with Gasteiger partial charge < -0.3 is 10.1 Å². The Hall–Kier alpha value is -4.19. The molecule has 0 radical (unpaired) electrons. The Kier molecular flexibility index (Phi) is 12.7. The third-order valence-electron chi connectivity index (χ3n) is 6.68. The first kappa shape index (κ1) is 35.3. The number of rotatable bonds is 6. The van der Waals surface area contributed by atoms with Crippen molar-refractivity contribution in [1.82, 2.24) is 10.3 Å². The van der Waals surface area contributed by atoms with Gasteiger partial charge in [-0.05, 0) is 87.8 Å². The second-order valence-corrected chi connectivity index (χ2v) is 13.1. The van der Waals surface area contributed by atoms with Gasteiger partial charge in [0.05, 0.1) is 15.4 Å². The highest BCUT2D eigenvalue weighted by molar-refractivity contribution is 7.86. The maximum Gasteiger partial charge on any atom is 0.294 e. The maximum absolute atomic E-state index is 13.6. The van der Waals surface area contributed by atoms with Gasteiger partial charge in [-0.25, -0.2) is 9.37 Å². The Labute approximate surface area is 263 Å². The van der Waals surface area contributed by atoms with Crippen molar-refractivity contribution in [3.05, 3.63) is 119 Å². The molecule has 1 fully saturated rings. The van der Waals surface area contributed by atoms with Crippen molar-refractivity contribution in [1.29, 1.82) is 5.26 Å². The third-order valence-corrected chi connectivity index (χ3v) is 8.42. The number of hydrogen-bond acceptors (Lipinski definition) is 8. The summed E-state index contributed by atoms with van der Waals surface area (Å²) in [6.45, 7) is 5.94. The Morgan fingerprint density at radius 2 is 1.40 bits per heavy atom. The van der Waals surface area contributed by atoms with Crippen LogP contribution in [0.2, 0.25) is 0 Å². The minimum Gasteiger partial charge on any atom is -0.473 e. The SMILES string of the molecule is Cc1ccc(S(=O)(=O)O)cc1.Cc1ccc(S(=O)(=O)O)cc1.N#Cc1ccc(COc2cccc(C3CCNCC3)n2)cc1F. The number of aryl methyl sites for hydroxylation is 2. The molecule has 0 aliphatic carbocycles. The molecule has 0 unspecified atom stereocenters. The van der Waals surface area contributed by atoms with Crippen LogP contribution in [0.3, 0.4) is 0 Å². The van der Waals surface area contributed by atoms with Gasteiger partial charge in [-0.1, -0.05) is 47.5 Å². The van der Waals surface area contributed by atoms with Gasteiger partial charge in [0.25, 0.3) is 20.2 Å². The minimum atomic E-state index is -4.02. The number of piperidine rings is 1. The fourth-order valence-electron chi connectivity index (χ4n) is 4.17. The van der Waals surface area contributed by atoms with E-state index in [0.717, 1.165) is 42.8 Å². The molecule has 5 rings (SSSR count). The lowest BCUT2D eigenvalue weighted by atomic mass is 9.94. The molecular formula is C32H34FN3O7S2. The van der Waals surface area contributed by atoms with E-state index in [1.807, 2.05) is 32.0 Å². The summed E-state index contributed by atoms with van der Waals surface area (Å²) in [6.07, 6.45) is 2.16. The number of nitrogens with one attached hydrogen (secondary N) is 1. The van der Waals surface area contributed by atoms with Crippen molar-refractivity contribution >= 4 is 20.2 Å². The van der Waals surface area contributed by atoms with Crippen LogP contribution in [0.15, 0.2) is 94.7 Å². The summed E-state index contributed by atoms with van der Waals surface area (Å²) < 4.78 is 78.4. The molecule has 0 amide bonds. The summed E-state index contributed by atoms with van der Waals surface area (Å²) in [5.74, 6) is 0.489. The van der Waals surface area contributed by atoms with Crippen molar-refractivity contribution in [2.45, 2.75) is 49.0 Å². The van der Waals surface area contributed by atoms with Crippen LogP contribution in [-0.2, 0) is 26.8 Å². The summed E-state index contributed by atoms with van der Waals surface area (Å²) in [5.41, 5.74) is 3.68. The lowest BCUT2D eigenvalue weighted by molar-refractivity contribution is 0.291. The van der Waals surface area contributed by atoms with Gasteiger partial charge in [0.2, 0.25) is 5.88 Å². The highest BCUT2D eigenvalue weighted by Crippen LogP contribution is 2.25. The molecule has 1 aromatic heterocycles. The summed E-state index contributed by atoms with van der Waals surface area (Å²) in [4.78, 5) is 4.44. The Balaban J connectivity index is 0.000000210. The monoisotopic (exact) mass is 655 g/mol. The van der Waals surface area contributed by atoms with E-state index in [0.29, 0.717) is 17.4 Å². The van der Waals surface area contributed by atoms with E-state index >= 15 is 0 Å². The number of pyridine rings is 1. The van der Waals surface area contributed by atoms with Gasteiger partial charge in [-0.15, -0.1) is 0 Å². The lowest BCUT2D eigenvalue weighted by Crippen LogP contribution is -2.27. The van der Waals surface area contributed by atoms with Crippen molar-refractivity contribution < 1.29 is 35.1 Å². The maximum atomic E-state index is 13.6. The molecule has 13 heteroatoms. The molecule has 2 heterocycles. The highest BCUT2D eigenvalue weighted by atomic mass is 32.2. The number of aromatic nitrogens is 1. The normalized spacial score (nSPS) is 13.3. The summed E-state index contributed by atoms with van der Waals surface area (Å²) in [7, 11) is -8.04. The van der Waals surface area contributed by atoms with Crippen LogP contribution in [-0.4, -0.2) is 44.0 Å². The van der Waals surface area contributed by atoms with Crippen LogP contribution in [0.1, 0.15) is 46.7 Å². The fraction of sp³-hybridized carbons (Fsp3) is 0.250. The molecule has 1 aliphatic heterocycles. The summed E-state index contributed by atoms with van der Waals surface area (Å²) >= 11 is 0. The first-order valence-electron chi connectivity index (χ1n) is 13.8. The van der Waals surface area contributed by atoms with Crippen molar-refractivity contribution in [3.63, 3.8) is 0 Å². The molecule has 3 aromatic carbocycles. The Morgan fingerprint density at radius 1 is 0.867 bits per heavy atom.